The second kappa shape index (κ2) is 13.9. The molecule has 0 aliphatic rings. The Labute approximate surface area is 275 Å². The summed E-state index contributed by atoms with van der Waals surface area (Å²) in [5, 5.41) is 7.30. The van der Waals surface area contributed by atoms with Crippen molar-refractivity contribution < 1.29 is 30.9 Å². The minimum Gasteiger partial charge on any atom is -0.361 e. The van der Waals surface area contributed by atoms with E-state index >= 15 is 0 Å². The monoisotopic (exact) mass is 704 g/mol. The molecule has 0 unspecified atom stereocenters. The molecule has 0 atom stereocenters. The molecule has 5 rings (SSSR count). The fourth-order valence-electron chi connectivity index (χ4n) is 4.43. The van der Waals surface area contributed by atoms with E-state index in [1.54, 1.807) is 24.7 Å². The van der Waals surface area contributed by atoms with Crippen molar-refractivity contribution in [3.8, 4) is 11.3 Å². The van der Waals surface area contributed by atoms with Gasteiger partial charge in [-0.05, 0) is 42.7 Å². The van der Waals surface area contributed by atoms with Gasteiger partial charge in [-0.3, -0.25) is 23.0 Å². The molecule has 0 fully saturated rings. The van der Waals surface area contributed by atoms with Crippen LogP contribution in [0.3, 0.4) is 0 Å². The Morgan fingerprint density at radius 2 is 1.96 bits per heavy atom. The topological polar surface area (TPSA) is 146 Å². The third kappa shape index (κ3) is 8.83. The van der Waals surface area contributed by atoms with E-state index in [1.165, 1.54) is 16.8 Å². The molecule has 18 heteroatoms. The van der Waals surface area contributed by atoms with E-state index in [4.69, 9.17) is 13.9 Å². The number of ether oxygens (including phenoxy) is 1. The first-order valence-corrected chi connectivity index (χ1v) is 20.7. The van der Waals surface area contributed by atoms with E-state index in [2.05, 4.69) is 39.4 Å². The lowest BCUT2D eigenvalue weighted by atomic mass is 10.3. The molecule has 0 saturated carbocycles. The van der Waals surface area contributed by atoms with E-state index in [-0.39, 0.29) is 25.6 Å². The van der Waals surface area contributed by atoms with Crippen molar-refractivity contribution in [2.45, 2.75) is 45.8 Å². The zero-order valence-corrected chi connectivity index (χ0v) is 29.0. The van der Waals surface area contributed by atoms with Crippen LogP contribution in [0, 0.1) is 18.6 Å². The average Bonchev–Trinajstić information content (AvgIpc) is 3.73. The summed E-state index contributed by atoms with van der Waals surface area (Å²) in [6.45, 7) is 8.89. The van der Waals surface area contributed by atoms with Crippen LogP contribution in [0.2, 0.25) is 25.7 Å². The molecule has 0 saturated heterocycles. The van der Waals surface area contributed by atoms with Crippen molar-refractivity contribution in [3.05, 3.63) is 72.1 Å². The number of aromatic nitrogens is 6. The van der Waals surface area contributed by atoms with Gasteiger partial charge in [0.2, 0.25) is 5.91 Å². The van der Waals surface area contributed by atoms with Gasteiger partial charge in [0.05, 0.1) is 41.4 Å². The summed E-state index contributed by atoms with van der Waals surface area (Å²) in [6.07, 6.45) is 7.68. The lowest BCUT2D eigenvalue weighted by Crippen LogP contribution is -2.26. The lowest BCUT2D eigenvalue weighted by Gasteiger charge is -2.23. The standard InChI is InChI=1S/C29H34F2N8O5S2Si/c1-19-14-38-24(20-12-33-37(15-20)16-25(40)35-23-8-6-7-22(30)27(23)31)13-32-28(38)29(34-19)39(18-43-9-10-47(3,4)5)26-11-21(36-45-26)17-44-46(2,41)42/h6-8,11-15H,9-10,16-18H2,1-5H3,(H,35,40). The van der Waals surface area contributed by atoms with Crippen LogP contribution in [0.15, 0.2) is 49.1 Å². The third-order valence-corrected chi connectivity index (χ3v) is 9.86. The Kier molecular flexibility index (Phi) is 10.2. The summed E-state index contributed by atoms with van der Waals surface area (Å²) in [4.78, 5) is 23.9. The van der Waals surface area contributed by atoms with Crippen molar-refractivity contribution >= 4 is 57.8 Å². The summed E-state index contributed by atoms with van der Waals surface area (Å²) >= 11 is 1.15. The molecule has 250 valence electrons. The number of imidazole rings is 1. The van der Waals surface area contributed by atoms with E-state index < -0.39 is 35.7 Å². The molecule has 4 aromatic heterocycles. The van der Waals surface area contributed by atoms with Gasteiger partial charge >= 0.3 is 0 Å². The van der Waals surface area contributed by atoms with Gasteiger partial charge in [-0.15, -0.1) is 0 Å². The molecular formula is C29H34F2N8O5S2Si. The predicted octanol–water partition coefficient (Wildman–Crippen LogP) is 5.20. The van der Waals surface area contributed by atoms with Crippen LogP contribution in [0.1, 0.15) is 11.4 Å². The summed E-state index contributed by atoms with van der Waals surface area (Å²) in [7, 11) is -5.01. The van der Waals surface area contributed by atoms with Gasteiger partial charge in [0, 0.05) is 32.6 Å². The molecule has 1 aromatic carbocycles. The quantitative estimate of drug-likeness (QED) is 0.0709. The number of carbonyl (C=O) groups is 1. The summed E-state index contributed by atoms with van der Waals surface area (Å²) in [5.74, 6) is -2.29. The first-order chi connectivity index (χ1) is 22.2. The minimum atomic E-state index is -3.65. The average molecular weight is 705 g/mol. The van der Waals surface area contributed by atoms with E-state index in [0.29, 0.717) is 45.7 Å². The van der Waals surface area contributed by atoms with Gasteiger partial charge < -0.3 is 10.1 Å². The van der Waals surface area contributed by atoms with Crippen LogP contribution >= 0.6 is 11.5 Å². The summed E-state index contributed by atoms with van der Waals surface area (Å²) in [6, 6.07) is 6.23. The van der Waals surface area contributed by atoms with Crippen molar-refractivity contribution in [1.29, 1.82) is 0 Å². The number of carbonyl (C=O) groups excluding carboxylic acids is 1. The SMILES string of the molecule is Cc1cn2c(-c3cnn(CC(=O)Nc4cccc(F)c4F)c3)cnc2c(N(COCC[Si](C)(C)C)c2cc(COS(C)(=O)=O)ns2)n1. The number of aryl methyl sites for hydroxylation is 1. The highest BCUT2D eigenvalue weighted by molar-refractivity contribution is 7.85. The number of nitrogens with zero attached hydrogens (tertiary/aromatic N) is 7. The van der Waals surface area contributed by atoms with Crippen molar-refractivity contribution in [3.63, 3.8) is 0 Å². The molecular weight excluding hydrogens is 671 g/mol. The highest BCUT2D eigenvalue weighted by Gasteiger charge is 2.23. The van der Waals surface area contributed by atoms with Crippen molar-refractivity contribution in [2.24, 2.45) is 0 Å². The lowest BCUT2D eigenvalue weighted by molar-refractivity contribution is -0.116. The molecule has 0 aliphatic carbocycles. The number of nitrogens with one attached hydrogen (secondary N) is 1. The number of rotatable bonds is 14. The molecule has 1 amide bonds. The Morgan fingerprint density at radius 1 is 1.17 bits per heavy atom. The maximum Gasteiger partial charge on any atom is 0.264 e. The molecule has 0 radical (unpaired) electrons. The largest absolute Gasteiger partial charge is 0.361 e. The van der Waals surface area contributed by atoms with Crippen molar-refractivity contribution in [1.82, 2.24) is 28.5 Å². The second-order valence-corrected chi connectivity index (χ2v) is 20.1. The molecule has 0 aliphatic heterocycles. The highest BCUT2D eigenvalue weighted by Crippen LogP contribution is 2.33. The zero-order chi connectivity index (χ0) is 33.9. The smallest absolute Gasteiger partial charge is 0.264 e. The summed E-state index contributed by atoms with van der Waals surface area (Å²) in [5.41, 5.74) is 2.67. The van der Waals surface area contributed by atoms with Gasteiger partial charge in [-0.25, -0.2) is 18.7 Å². The number of halogens is 2. The molecule has 1 N–H and O–H groups in total. The summed E-state index contributed by atoms with van der Waals surface area (Å²) < 4.78 is 69.3. The van der Waals surface area contributed by atoms with Gasteiger partial charge in [0.15, 0.2) is 23.1 Å². The number of anilines is 3. The number of hydrogen-bond donors (Lipinski definition) is 1. The van der Waals surface area contributed by atoms with Crippen LogP contribution in [0.5, 0.6) is 0 Å². The molecule has 5 aromatic rings. The second-order valence-electron chi connectivity index (χ2n) is 12.0. The maximum absolute atomic E-state index is 14.0. The van der Waals surface area contributed by atoms with Crippen molar-refractivity contribution in [2.75, 3.05) is 29.8 Å². The van der Waals surface area contributed by atoms with Crippen LogP contribution in [0.25, 0.3) is 16.9 Å². The first kappa shape index (κ1) is 34.2. The third-order valence-electron chi connectivity index (χ3n) is 6.76. The Morgan fingerprint density at radius 3 is 2.70 bits per heavy atom. The number of benzene rings is 1. The van der Waals surface area contributed by atoms with Crippen LogP contribution < -0.4 is 10.2 Å². The van der Waals surface area contributed by atoms with Crippen LogP contribution in [0.4, 0.5) is 25.3 Å². The first-order valence-electron chi connectivity index (χ1n) is 14.4. The fraction of sp³-hybridized carbons (Fsp3) is 0.345. The van der Waals surface area contributed by atoms with Crippen LogP contribution in [-0.4, -0.2) is 70.5 Å². The fourth-order valence-corrected chi connectivity index (χ4v) is 6.26. The number of hydrogen-bond acceptors (Lipinski definition) is 11. The Hall–Kier alpha value is -4.10. The van der Waals surface area contributed by atoms with Gasteiger partial charge in [0.1, 0.15) is 24.9 Å². The minimum absolute atomic E-state index is 0.145. The molecule has 0 spiro atoms. The van der Waals surface area contributed by atoms with E-state index in [0.717, 1.165) is 29.9 Å². The Bertz CT molecular complexity index is 2010. The zero-order valence-electron chi connectivity index (χ0n) is 26.4. The molecule has 4 heterocycles. The molecule has 47 heavy (non-hydrogen) atoms. The number of fused-ring (bicyclic) bond motifs is 1. The van der Waals surface area contributed by atoms with Gasteiger partial charge in [0.25, 0.3) is 10.1 Å². The van der Waals surface area contributed by atoms with Gasteiger partial charge in [-0.1, -0.05) is 25.7 Å². The Balaban J connectivity index is 1.42. The molecule has 0 bridgehead atoms. The molecule has 13 nitrogen and oxygen atoms in total. The van der Waals surface area contributed by atoms with E-state index in [1.807, 2.05) is 22.4 Å². The maximum atomic E-state index is 14.0. The predicted molar refractivity (Wildman–Crippen MR) is 177 cm³/mol. The number of amides is 1. The van der Waals surface area contributed by atoms with Gasteiger partial charge in [-0.2, -0.15) is 17.9 Å². The highest BCUT2D eigenvalue weighted by atomic mass is 32.2. The normalized spacial score (nSPS) is 12.1. The van der Waals surface area contributed by atoms with E-state index in [9.17, 15) is 22.0 Å². The van der Waals surface area contributed by atoms with Crippen LogP contribution in [-0.2, 0) is 37.0 Å².